The summed E-state index contributed by atoms with van der Waals surface area (Å²) in [5.74, 6) is 0.214. The number of halogens is 1. The van der Waals surface area contributed by atoms with Crippen LogP contribution in [0.1, 0.15) is 66.3 Å². The fraction of sp³-hybridized carbons (Fsp3) is 0.500. The third-order valence-electron chi connectivity index (χ3n) is 5.86. The Hall–Kier alpha value is -2.47. The number of aryl methyl sites for hydroxylation is 1. The summed E-state index contributed by atoms with van der Waals surface area (Å²) >= 11 is 5.92. The van der Waals surface area contributed by atoms with E-state index in [0.29, 0.717) is 29.5 Å². The molecule has 0 aliphatic heterocycles. The van der Waals surface area contributed by atoms with E-state index in [0.717, 1.165) is 42.6 Å². The van der Waals surface area contributed by atoms with Gasteiger partial charge in [0.25, 0.3) is 5.91 Å². The Bertz CT molecular complexity index is 901. The van der Waals surface area contributed by atoms with E-state index in [1.54, 1.807) is 31.2 Å². The summed E-state index contributed by atoms with van der Waals surface area (Å²) in [4.78, 5) is 30.8. The fourth-order valence-corrected chi connectivity index (χ4v) is 4.35. The van der Waals surface area contributed by atoms with Crippen molar-refractivity contribution in [2.24, 2.45) is 0 Å². The first-order valence-corrected chi connectivity index (χ1v) is 11.3. The van der Waals surface area contributed by atoms with Crippen LogP contribution in [-0.2, 0) is 16.1 Å². The summed E-state index contributed by atoms with van der Waals surface area (Å²) in [6.07, 6.45) is 5.40. The van der Waals surface area contributed by atoms with E-state index in [9.17, 15) is 9.59 Å². The summed E-state index contributed by atoms with van der Waals surface area (Å²) in [6, 6.07) is 7.16. The molecule has 0 radical (unpaired) electrons. The number of aromatic amines is 1. The van der Waals surface area contributed by atoms with Crippen LogP contribution in [0.3, 0.4) is 0 Å². The van der Waals surface area contributed by atoms with Crippen molar-refractivity contribution in [1.29, 1.82) is 0 Å². The van der Waals surface area contributed by atoms with Gasteiger partial charge in [-0.3, -0.25) is 4.79 Å². The second-order valence-corrected chi connectivity index (χ2v) is 8.44. The van der Waals surface area contributed by atoms with Gasteiger partial charge in [0.2, 0.25) is 0 Å². The third kappa shape index (κ3) is 5.82. The zero-order chi connectivity index (χ0) is 22.4. The van der Waals surface area contributed by atoms with E-state index >= 15 is 0 Å². The molecule has 1 amide bonds. The Morgan fingerprint density at radius 3 is 2.45 bits per heavy atom. The molecule has 0 saturated heterocycles. The molecule has 1 saturated carbocycles. The van der Waals surface area contributed by atoms with E-state index < -0.39 is 0 Å². The Labute approximate surface area is 188 Å². The first-order chi connectivity index (χ1) is 14.9. The summed E-state index contributed by atoms with van der Waals surface area (Å²) in [5, 5.41) is 0.623. The first-order valence-electron chi connectivity index (χ1n) is 10.9. The SMILES string of the molecule is CCOC(=O)c1c(C)[nH]c(CN(C(=O)COc2ccc(Cl)cc2)C2CCCCC2)c1C. The molecule has 1 N–H and O–H groups in total. The number of ether oxygens (including phenoxy) is 2. The van der Waals surface area contributed by atoms with Crippen LogP contribution in [0.4, 0.5) is 0 Å². The van der Waals surface area contributed by atoms with Gasteiger partial charge >= 0.3 is 5.97 Å². The van der Waals surface area contributed by atoms with E-state index in [-0.39, 0.29) is 24.5 Å². The molecule has 0 unspecified atom stereocenters. The van der Waals surface area contributed by atoms with E-state index in [1.807, 2.05) is 18.7 Å². The molecular formula is C24H31ClN2O4. The Morgan fingerprint density at radius 1 is 1.13 bits per heavy atom. The highest BCUT2D eigenvalue weighted by molar-refractivity contribution is 6.30. The predicted molar refractivity (Wildman–Crippen MR) is 121 cm³/mol. The second kappa shape index (κ2) is 10.7. The van der Waals surface area contributed by atoms with Crippen molar-refractivity contribution in [2.75, 3.05) is 13.2 Å². The number of nitrogens with zero attached hydrogens (tertiary/aromatic N) is 1. The number of carbonyl (C=O) groups is 2. The monoisotopic (exact) mass is 446 g/mol. The third-order valence-corrected chi connectivity index (χ3v) is 6.11. The highest BCUT2D eigenvalue weighted by Gasteiger charge is 2.28. The maximum atomic E-state index is 13.2. The highest BCUT2D eigenvalue weighted by Crippen LogP contribution is 2.27. The Balaban J connectivity index is 1.77. The minimum Gasteiger partial charge on any atom is -0.484 e. The molecule has 7 heteroatoms. The highest BCUT2D eigenvalue weighted by atomic mass is 35.5. The number of esters is 1. The Kier molecular flexibility index (Phi) is 8.02. The molecule has 1 fully saturated rings. The second-order valence-electron chi connectivity index (χ2n) is 8.01. The largest absolute Gasteiger partial charge is 0.484 e. The molecule has 0 atom stereocenters. The summed E-state index contributed by atoms with van der Waals surface area (Å²) in [5.41, 5.74) is 3.03. The van der Waals surface area contributed by atoms with Crippen molar-refractivity contribution in [2.45, 2.75) is 65.5 Å². The minimum absolute atomic E-state index is 0.0401. The summed E-state index contributed by atoms with van der Waals surface area (Å²) in [7, 11) is 0. The van der Waals surface area contributed by atoms with Gasteiger partial charge < -0.3 is 19.4 Å². The average molecular weight is 447 g/mol. The maximum absolute atomic E-state index is 13.2. The van der Waals surface area contributed by atoms with Crippen LogP contribution < -0.4 is 4.74 Å². The van der Waals surface area contributed by atoms with Gasteiger partial charge in [-0.05, 0) is 63.4 Å². The lowest BCUT2D eigenvalue weighted by atomic mass is 9.94. The van der Waals surface area contributed by atoms with Gasteiger partial charge in [-0.15, -0.1) is 0 Å². The lowest BCUT2D eigenvalue weighted by molar-refractivity contribution is -0.137. The van der Waals surface area contributed by atoms with Gasteiger partial charge in [0, 0.05) is 22.5 Å². The molecule has 31 heavy (non-hydrogen) atoms. The van der Waals surface area contributed by atoms with Crippen molar-refractivity contribution < 1.29 is 19.1 Å². The smallest absolute Gasteiger partial charge is 0.340 e. The maximum Gasteiger partial charge on any atom is 0.340 e. The van der Waals surface area contributed by atoms with Crippen LogP contribution in [0, 0.1) is 13.8 Å². The molecule has 168 valence electrons. The standard InChI is InChI=1S/C24H31ClN2O4/c1-4-30-24(29)23-16(2)21(26-17(23)3)14-27(19-8-6-5-7-9-19)22(28)15-31-20-12-10-18(25)11-13-20/h10-13,19,26H,4-9,14-15H2,1-3H3. The molecule has 0 bridgehead atoms. The lowest BCUT2D eigenvalue weighted by Gasteiger charge is -2.34. The number of nitrogens with one attached hydrogen (secondary N) is 1. The summed E-state index contributed by atoms with van der Waals surface area (Å²) < 4.78 is 10.9. The van der Waals surface area contributed by atoms with Crippen LogP contribution >= 0.6 is 11.6 Å². The quantitative estimate of drug-likeness (QED) is 0.565. The van der Waals surface area contributed by atoms with Crippen molar-refractivity contribution in [3.8, 4) is 5.75 Å². The van der Waals surface area contributed by atoms with E-state index in [2.05, 4.69) is 4.98 Å². The number of hydrogen-bond acceptors (Lipinski definition) is 4. The lowest BCUT2D eigenvalue weighted by Crippen LogP contribution is -2.43. The first kappa shape index (κ1) is 23.2. The van der Waals surface area contributed by atoms with E-state index in [4.69, 9.17) is 21.1 Å². The van der Waals surface area contributed by atoms with Crippen molar-refractivity contribution in [3.63, 3.8) is 0 Å². The molecule has 6 nitrogen and oxygen atoms in total. The molecule has 1 aliphatic rings. The van der Waals surface area contributed by atoms with Crippen LogP contribution in [0.2, 0.25) is 5.02 Å². The minimum atomic E-state index is -0.332. The van der Waals surface area contributed by atoms with Crippen LogP contribution in [-0.4, -0.2) is 41.0 Å². The van der Waals surface area contributed by atoms with Gasteiger partial charge in [-0.1, -0.05) is 30.9 Å². The zero-order valence-electron chi connectivity index (χ0n) is 18.5. The van der Waals surface area contributed by atoms with Crippen LogP contribution in [0.15, 0.2) is 24.3 Å². The number of hydrogen-bond donors (Lipinski definition) is 1. The van der Waals surface area contributed by atoms with E-state index in [1.165, 1.54) is 6.42 Å². The predicted octanol–water partition coefficient (Wildman–Crippen LogP) is 5.20. The van der Waals surface area contributed by atoms with Gasteiger partial charge in [-0.2, -0.15) is 0 Å². The normalized spacial score (nSPS) is 14.3. The number of carbonyl (C=O) groups excluding carboxylic acids is 2. The number of H-pyrrole nitrogens is 1. The van der Waals surface area contributed by atoms with Gasteiger partial charge in [0.05, 0.1) is 18.7 Å². The van der Waals surface area contributed by atoms with Gasteiger partial charge in [-0.25, -0.2) is 4.79 Å². The average Bonchev–Trinajstić information content (AvgIpc) is 3.05. The number of amides is 1. The molecule has 3 rings (SSSR count). The van der Waals surface area contributed by atoms with Crippen molar-refractivity contribution >= 4 is 23.5 Å². The van der Waals surface area contributed by atoms with Crippen LogP contribution in [0.5, 0.6) is 5.75 Å². The van der Waals surface area contributed by atoms with Crippen molar-refractivity contribution in [3.05, 3.63) is 51.8 Å². The molecule has 1 aromatic carbocycles. The fourth-order valence-electron chi connectivity index (χ4n) is 4.23. The number of rotatable bonds is 8. The molecular weight excluding hydrogens is 416 g/mol. The molecule has 1 aliphatic carbocycles. The molecule has 1 aromatic heterocycles. The zero-order valence-corrected chi connectivity index (χ0v) is 19.3. The number of benzene rings is 1. The van der Waals surface area contributed by atoms with Gasteiger partial charge in [0.1, 0.15) is 5.75 Å². The molecule has 1 heterocycles. The van der Waals surface area contributed by atoms with Crippen LogP contribution in [0.25, 0.3) is 0 Å². The molecule has 0 spiro atoms. The van der Waals surface area contributed by atoms with Crippen molar-refractivity contribution in [1.82, 2.24) is 9.88 Å². The van der Waals surface area contributed by atoms with Gasteiger partial charge in [0.15, 0.2) is 6.61 Å². The topological polar surface area (TPSA) is 71.6 Å². The number of aromatic nitrogens is 1. The Morgan fingerprint density at radius 2 is 1.81 bits per heavy atom. The summed E-state index contributed by atoms with van der Waals surface area (Å²) in [6.45, 7) is 6.26. The molecule has 2 aromatic rings.